The van der Waals surface area contributed by atoms with Crippen molar-refractivity contribution in [2.24, 2.45) is 5.92 Å². The first-order chi connectivity index (χ1) is 18.7. The van der Waals surface area contributed by atoms with Crippen LogP contribution in [-0.2, 0) is 4.79 Å². The molecule has 2 aromatic carbocycles. The van der Waals surface area contributed by atoms with Crippen LogP contribution in [0.1, 0.15) is 42.9 Å². The highest BCUT2D eigenvalue weighted by Gasteiger charge is 2.43. The predicted molar refractivity (Wildman–Crippen MR) is 153 cm³/mol. The number of aryl methyl sites for hydroxylation is 1. The number of aromatic nitrogens is 1. The van der Waals surface area contributed by atoms with Gasteiger partial charge in [-0.05, 0) is 73.2 Å². The van der Waals surface area contributed by atoms with E-state index < -0.39 is 11.0 Å². The zero-order chi connectivity index (χ0) is 27.7. The Hall–Kier alpha value is -4.57. The summed E-state index contributed by atoms with van der Waals surface area (Å²) in [4.78, 5) is 30.0. The minimum Gasteiger partial charge on any atom is -0.459 e. The maximum atomic E-state index is 12.3. The van der Waals surface area contributed by atoms with Gasteiger partial charge in [-0.2, -0.15) is 0 Å². The number of amides is 1. The van der Waals surface area contributed by atoms with Gasteiger partial charge in [-0.3, -0.25) is 19.9 Å². The zero-order valence-electron chi connectivity index (χ0n) is 21.6. The maximum Gasteiger partial charge on any atom is 0.280 e. The molecule has 3 heterocycles. The van der Waals surface area contributed by atoms with Crippen molar-refractivity contribution in [2.45, 2.75) is 32.9 Å². The number of hydrogen-bond donors (Lipinski definition) is 2. The molecule has 2 unspecified atom stereocenters. The number of carbonyl (C=O) groups is 1. The topological polar surface area (TPSA) is 114 Å². The minimum absolute atomic E-state index is 0.0359. The molecule has 198 valence electrons. The van der Waals surface area contributed by atoms with Gasteiger partial charge in [0.2, 0.25) is 5.91 Å². The van der Waals surface area contributed by atoms with Gasteiger partial charge in [0, 0.05) is 29.6 Å². The lowest BCUT2D eigenvalue weighted by atomic mass is 10.0. The van der Waals surface area contributed by atoms with E-state index in [2.05, 4.69) is 15.6 Å². The van der Waals surface area contributed by atoms with E-state index in [0.29, 0.717) is 22.2 Å². The Bertz CT molecular complexity index is 1550. The number of nitro benzene ring substituents is 1. The van der Waals surface area contributed by atoms with Crippen LogP contribution in [0.15, 0.2) is 83.4 Å². The monoisotopic (exact) mass is 541 g/mol. The standard InChI is InChI=1S/C29H27N5O4S/c1-17(2)28(35)31-21-12-11-19(16-18(21)3)33-27(26(32-29(33)39)22-9-6-7-15-30-22)25-14-13-24(38-25)20-8-4-5-10-23(20)34(36)37/h4-17,26-27H,1-3H3,(H,31,35)(H,32,39). The quantitative estimate of drug-likeness (QED) is 0.159. The number of furan rings is 1. The Morgan fingerprint density at radius 3 is 2.59 bits per heavy atom. The van der Waals surface area contributed by atoms with Crippen molar-refractivity contribution in [1.82, 2.24) is 10.3 Å². The highest BCUT2D eigenvalue weighted by atomic mass is 32.1. The lowest BCUT2D eigenvalue weighted by Crippen LogP contribution is -2.29. The van der Waals surface area contributed by atoms with E-state index in [9.17, 15) is 14.9 Å². The first kappa shape index (κ1) is 26.1. The van der Waals surface area contributed by atoms with Crippen LogP contribution < -0.4 is 15.5 Å². The Morgan fingerprint density at radius 1 is 1.13 bits per heavy atom. The van der Waals surface area contributed by atoms with Crippen molar-refractivity contribution in [3.8, 4) is 11.3 Å². The van der Waals surface area contributed by atoms with Crippen LogP contribution in [0.3, 0.4) is 0 Å². The van der Waals surface area contributed by atoms with Gasteiger partial charge in [0.15, 0.2) is 5.11 Å². The van der Waals surface area contributed by atoms with Gasteiger partial charge in [-0.25, -0.2) is 0 Å². The van der Waals surface area contributed by atoms with Crippen LogP contribution in [0.5, 0.6) is 0 Å². The van der Waals surface area contributed by atoms with Gasteiger partial charge in [-0.1, -0.05) is 32.0 Å². The number of benzene rings is 2. The van der Waals surface area contributed by atoms with Crippen LogP contribution in [0, 0.1) is 23.0 Å². The van der Waals surface area contributed by atoms with E-state index in [-0.39, 0.29) is 23.6 Å². The number of nitro groups is 1. The lowest BCUT2D eigenvalue weighted by molar-refractivity contribution is -0.384. The van der Waals surface area contributed by atoms with Crippen molar-refractivity contribution < 1.29 is 14.1 Å². The summed E-state index contributed by atoms with van der Waals surface area (Å²) in [7, 11) is 0. The molecule has 5 rings (SSSR count). The van der Waals surface area contributed by atoms with E-state index in [1.165, 1.54) is 6.07 Å². The van der Waals surface area contributed by atoms with Crippen LogP contribution >= 0.6 is 12.2 Å². The van der Waals surface area contributed by atoms with E-state index in [0.717, 1.165) is 22.6 Å². The molecule has 0 saturated carbocycles. The first-order valence-electron chi connectivity index (χ1n) is 12.5. The molecule has 2 atom stereocenters. The molecule has 1 aliphatic heterocycles. The van der Waals surface area contributed by atoms with Crippen molar-refractivity contribution in [3.05, 3.63) is 106 Å². The number of nitrogens with zero attached hydrogens (tertiary/aromatic N) is 3. The molecule has 0 spiro atoms. The van der Waals surface area contributed by atoms with Crippen molar-refractivity contribution in [3.63, 3.8) is 0 Å². The van der Waals surface area contributed by atoms with Gasteiger partial charge in [0.05, 0.1) is 22.2 Å². The summed E-state index contributed by atoms with van der Waals surface area (Å²) in [5.74, 6) is 0.755. The number of para-hydroxylation sites is 1. The fourth-order valence-corrected chi connectivity index (χ4v) is 4.98. The summed E-state index contributed by atoms with van der Waals surface area (Å²) in [6, 6.07) is 20.7. The lowest BCUT2D eigenvalue weighted by Gasteiger charge is -2.27. The number of thiocarbonyl (C=S) groups is 1. The third-order valence-electron chi connectivity index (χ3n) is 6.65. The Balaban J connectivity index is 1.57. The molecule has 0 radical (unpaired) electrons. The normalized spacial score (nSPS) is 16.8. The highest BCUT2D eigenvalue weighted by molar-refractivity contribution is 7.80. The first-order valence-corrected chi connectivity index (χ1v) is 12.9. The minimum atomic E-state index is -0.431. The van der Waals surface area contributed by atoms with Crippen LogP contribution in [0.25, 0.3) is 11.3 Å². The molecule has 1 saturated heterocycles. The molecule has 2 aromatic heterocycles. The van der Waals surface area contributed by atoms with Crippen molar-refractivity contribution >= 4 is 40.3 Å². The number of hydrogen-bond acceptors (Lipinski definition) is 6. The van der Waals surface area contributed by atoms with E-state index in [4.69, 9.17) is 16.6 Å². The summed E-state index contributed by atoms with van der Waals surface area (Å²) in [6.07, 6.45) is 1.72. The van der Waals surface area contributed by atoms with Crippen molar-refractivity contribution in [1.29, 1.82) is 0 Å². The molecule has 0 aliphatic carbocycles. The average Bonchev–Trinajstić information content (AvgIpc) is 3.54. The summed E-state index contributed by atoms with van der Waals surface area (Å²) >= 11 is 5.80. The summed E-state index contributed by atoms with van der Waals surface area (Å²) in [5.41, 5.74) is 3.54. The molecular weight excluding hydrogens is 514 g/mol. The van der Waals surface area contributed by atoms with Crippen LogP contribution in [0.4, 0.5) is 17.1 Å². The second-order valence-electron chi connectivity index (χ2n) is 9.62. The molecule has 10 heteroatoms. The maximum absolute atomic E-state index is 12.3. The average molecular weight is 542 g/mol. The molecule has 1 amide bonds. The van der Waals surface area contributed by atoms with Crippen LogP contribution in [-0.4, -0.2) is 20.9 Å². The number of rotatable bonds is 7. The third-order valence-corrected chi connectivity index (χ3v) is 6.97. The number of nitrogens with one attached hydrogen (secondary N) is 2. The van der Waals surface area contributed by atoms with Gasteiger partial charge in [0.1, 0.15) is 17.6 Å². The summed E-state index contributed by atoms with van der Waals surface area (Å²) in [6.45, 7) is 5.62. The number of carbonyl (C=O) groups excluding carboxylic acids is 1. The van der Waals surface area contributed by atoms with Gasteiger partial charge >= 0.3 is 0 Å². The molecule has 2 N–H and O–H groups in total. The molecule has 39 heavy (non-hydrogen) atoms. The second-order valence-corrected chi connectivity index (χ2v) is 10.0. The van der Waals surface area contributed by atoms with Crippen molar-refractivity contribution in [2.75, 3.05) is 10.2 Å². The van der Waals surface area contributed by atoms with Gasteiger partial charge < -0.3 is 20.0 Å². The summed E-state index contributed by atoms with van der Waals surface area (Å²) < 4.78 is 6.30. The summed E-state index contributed by atoms with van der Waals surface area (Å²) in [5, 5.41) is 18.5. The predicted octanol–water partition coefficient (Wildman–Crippen LogP) is 6.33. The molecule has 1 fully saturated rings. The number of pyridine rings is 1. The van der Waals surface area contributed by atoms with Gasteiger partial charge in [-0.15, -0.1) is 0 Å². The zero-order valence-corrected chi connectivity index (χ0v) is 22.4. The Labute approximate surface area is 231 Å². The molecule has 0 bridgehead atoms. The molecule has 4 aromatic rings. The fraction of sp³-hybridized carbons (Fsp3) is 0.207. The Morgan fingerprint density at radius 2 is 1.90 bits per heavy atom. The van der Waals surface area contributed by atoms with Crippen LogP contribution in [0.2, 0.25) is 0 Å². The van der Waals surface area contributed by atoms with Gasteiger partial charge in [0.25, 0.3) is 5.69 Å². The highest BCUT2D eigenvalue weighted by Crippen LogP contribution is 2.44. The third kappa shape index (κ3) is 5.10. The van der Waals surface area contributed by atoms with E-state index in [1.54, 1.807) is 30.5 Å². The van der Waals surface area contributed by atoms with E-state index in [1.807, 2.05) is 68.1 Å². The molecular formula is C29H27N5O4S. The van der Waals surface area contributed by atoms with E-state index >= 15 is 0 Å². The Kier molecular flexibility index (Phi) is 7.12. The molecule has 9 nitrogen and oxygen atoms in total. The SMILES string of the molecule is Cc1cc(N2C(=S)NC(c3ccccn3)C2c2ccc(-c3ccccc3[N+](=O)[O-])o2)ccc1NC(=O)C(C)C. The largest absolute Gasteiger partial charge is 0.459 e. The smallest absolute Gasteiger partial charge is 0.280 e. The molecule has 1 aliphatic rings. The number of anilines is 2. The fourth-order valence-electron chi connectivity index (χ4n) is 4.63. The second kappa shape index (κ2) is 10.7.